The Kier molecular flexibility index (Phi) is 8.35. The third-order valence-corrected chi connectivity index (χ3v) is 11.3. The fourth-order valence-corrected chi connectivity index (χ4v) is 9.00. The molecule has 0 bridgehead atoms. The zero-order valence-electron chi connectivity index (χ0n) is 28.5. The Labute approximate surface area is 293 Å². The largest absolute Gasteiger partial charge is 0.506 e. The molecule has 1 spiro atoms. The summed E-state index contributed by atoms with van der Waals surface area (Å²) in [5.41, 5.74) is 2.04. The lowest BCUT2D eigenvalue weighted by atomic mass is 9.88. The van der Waals surface area contributed by atoms with Gasteiger partial charge in [-0.15, -0.1) is 0 Å². The molecule has 0 aliphatic carbocycles. The van der Waals surface area contributed by atoms with Gasteiger partial charge in [0.15, 0.2) is 0 Å². The molecule has 5 aliphatic rings. The average molecular weight is 706 g/mol. The van der Waals surface area contributed by atoms with Gasteiger partial charge < -0.3 is 29.7 Å². The molecule has 13 nitrogen and oxygen atoms in total. The Morgan fingerprint density at radius 1 is 1.12 bits per heavy atom. The molecule has 5 aliphatic heterocycles. The third-order valence-electron chi connectivity index (χ3n) is 11.3. The molecule has 0 saturated carbocycles. The van der Waals surface area contributed by atoms with Crippen LogP contribution in [0.2, 0.25) is 0 Å². The molecule has 3 atom stereocenters. The number of carboxylic acid groups (broad SMARTS) is 1. The summed E-state index contributed by atoms with van der Waals surface area (Å²) in [5.74, 6) is -0.0434. The Hall–Kier alpha value is -4.79. The zero-order chi connectivity index (χ0) is 35.5. The number of urea groups is 1. The average Bonchev–Trinajstić information content (AvgIpc) is 3.73. The van der Waals surface area contributed by atoms with Crippen molar-refractivity contribution < 1.29 is 37.7 Å². The van der Waals surface area contributed by atoms with Gasteiger partial charge in [-0.3, -0.25) is 15.0 Å². The van der Waals surface area contributed by atoms with Crippen LogP contribution in [0.5, 0.6) is 6.01 Å². The topological polar surface area (TPSA) is 149 Å². The van der Waals surface area contributed by atoms with E-state index in [9.17, 15) is 23.9 Å². The van der Waals surface area contributed by atoms with Crippen LogP contribution in [0.15, 0.2) is 24.3 Å². The fourth-order valence-electron chi connectivity index (χ4n) is 9.00. The van der Waals surface area contributed by atoms with Gasteiger partial charge in [0.25, 0.3) is 5.91 Å². The van der Waals surface area contributed by atoms with Crippen molar-refractivity contribution in [2.24, 2.45) is 0 Å². The number of nitrogens with zero attached hydrogens (tertiary/aromatic N) is 5. The van der Waals surface area contributed by atoms with Crippen LogP contribution in [-0.4, -0.2) is 94.6 Å². The van der Waals surface area contributed by atoms with Crippen LogP contribution < -0.4 is 25.2 Å². The molecule has 4 fully saturated rings. The van der Waals surface area contributed by atoms with Gasteiger partial charge in [-0.1, -0.05) is 13.0 Å². The lowest BCUT2D eigenvalue weighted by molar-refractivity contribution is -0.124. The molecule has 3 aromatic rings. The van der Waals surface area contributed by atoms with Crippen LogP contribution in [0.1, 0.15) is 61.4 Å². The number of alkyl halides is 1. The van der Waals surface area contributed by atoms with Gasteiger partial charge in [0, 0.05) is 42.7 Å². The number of ether oxygens (including phenoxy) is 2. The second-order valence-corrected chi connectivity index (χ2v) is 14.5. The van der Waals surface area contributed by atoms with Gasteiger partial charge in [0.2, 0.25) is 0 Å². The summed E-state index contributed by atoms with van der Waals surface area (Å²) in [6, 6.07) is 6.45. The van der Waals surface area contributed by atoms with E-state index in [1.165, 1.54) is 6.07 Å². The SMILES string of the molecule is CCc1c(F)ccc2cc(COC(=O)O)cc(N3CCc4c(nc(OC[C@@]56CCCN5C[C@H](F)C6)nc4N4CCC[C@]5(C4)NC(=O)NC5=O)C3)c12. The van der Waals surface area contributed by atoms with E-state index in [0.717, 1.165) is 41.4 Å². The molecule has 0 radical (unpaired) electrons. The second kappa shape index (κ2) is 12.8. The van der Waals surface area contributed by atoms with Gasteiger partial charge in [-0.05, 0) is 79.8 Å². The van der Waals surface area contributed by atoms with Crippen molar-refractivity contribution in [2.75, 3.05) is 49.1 Å². The lowest BCUT2D eigenvalue weighted by Gasteiger charge is -2.40. The maximum absolute atomic E-state index is 15.2. The first-order valence-corrected chi connectivity index (χ1v) is 17.7. The van der Waals surface area contributed by atoms with E-state index in [-0.39, 0.29) is 37.5 Å². The van der Waals surface area contributed by atoms with Crippen molar-refractivity contribution in [3.63, 3.8) is 0 Å². The van der Waals surface area contributed by atoms with Crippen molar-refractivity contribution >= 4 is 40.4 Å². The first-order valence-electron chi connectivity index (χ1n) is 17.7. The lowest BCUT2D eigenvalue weighted by Crippen LogP contribution is -2.59. The highest BCUT2D eigenvalue weighted by Gasteiger charge is 2.51. The maximum Gasteiger partial charge on any atom is 0.506 e. The van der Waals surface area contributed by atoms with E-state index in [1.807, 2.05) is 24.0 Å². The summed E-state index contributed by atoms with van der Waals surface area (Å²) in [4.78, 5) is 52.6. The van der Waals surface area contributed by atoms with Crippen molar-refractivity contribution in [3.8, 4) is 6.01 Å². The first kappa shape index (κ1) is 33.4. The van der Waals surface area contributed by atoms with E-state index in [1.54, 1.807) is 6.07 Å². The molecule has 3 amide bonds. The first-order chi connectivity index (χ1) is 24.6. The standard InChI is InChI=1S/C36H41F2N7O6/c1-2-24-26(38)6-5-22-13-21(18-50-34(48)49)14-28(29(22)24)43-12-7-25-27(17-43)39-33(51-20-35-8-3-11-45(35)16-23(37)15-35)40-30(25)44-10-4-9-36(19-44)31(46)41-32(47)42-36/h5-6,13-14,23H,2-4,7-12,15-20H2,1H3,(H,48,49)(H2,41,42,46,47)/t23-,35+,36-/m1/s1. The highest BCUT2D eigenvalue weighted by Crippen LogP contribution is 2.42. The second-order valence-electron chi connectivity index (χ2n) is 14.5. The number of anilines is 2. The number of nitrogens with one attached hydrogen (secondary N) is 2. The Balaban J connectivity index is 1.18. The maximum atomic E-state index is 15.2. The Bertz CT molecular complexity index is 1930. The van der Waals surface area contributed by atoms with E-state index in [4.69, 9.17) is 19.4 Å². The number of benzene rings is 2. The number of carbonyl (C=O) groups is 3. The number of piperidine rings is 1. The smallest absolute Gasteiger partial charge is 0.461 e. The number of imide groups is 1. The molecule has 3 N–H and O–H groups in total. The number of fused-ring (bicyclic) bond motifs is 3. The summed E-state index contributed by atoms with van der Waals surface area (Å²) < 4.78 is 41.1. The highest BCUT2D eigenvalue weighted by molar-refractivity contribution is 6.07. The predicted octanol–water partition coefficient (Wildman–Crippen LogP) is 4.22. The summed E-state index contributed by atoms with van der Waals surface area (Å²) in [6.45, 7) is 4.87. The number of hydrogen-bond acceptors (Lipinski definition) is 10. The molecule has 0 unspecified atom stereocenters. The van der Waals surface area contributed by atoms with E-state index < -0.39 is 29.4 Å². The Morgan fingerprint density at radius 3 is 2.75 bits per heavy atom. The van der Waals surface area contributed by atoms with Crippen molar-refractivity contribution in [1.82, 2.24) is 25.5 Å². The zero-order valence-corrected chi connectivity index (χ0v) is 28.5. The minimum atomic E-state index is -1.39. The van der Waals surface area contributed by atoms with Crippen LogP contribution in [-0.2, 0) is 35.5 Å². The summed E-state index contributed by atoms with van der Waals surface area (Å²) in [7, 11) is 0. The molecule has 4 saturated heterocycles. The number of carbonyl (C=O) groups excluding carboxylic acids is 2. The van der Waals surface area contributed by atoms with Crippen molar-refractivity contribution in [2.45, 2.75) is 82.3 Å². The number of halogens is 2. The minimum Gasteiger partial charge on any atom is -0.461 e. The molecule has 51 heavy (non-hydrogen) atoms. The molecule has 1 aromatic heterocycles. The fraction of sp³-hybridized carbons (Fsp3) is 0.528. The molecular formula is C36H41F2N7O6. The molecule has 270 valence electrons. The third kappa shape index (κ3) is 5.94. The summed E-state index contributed by atoms with van der Waals surface area (Å²) in [5, 5.41) is 15.9. The van der Waals surface area contributed by atoms with Crippen molar-refractivity contribution in [1.29, 1.82) is 0 Å². The van der Waals surface area contributed by atoms with Crippen LogP contribution in [0.3, 0.4) is 0 Å². The van der Waals surface area contributed by atoms with Crippen LogP contribution in [0, 0.1) is 5.82 Å². The van der Waals surface area contributed by atoms with Gasteiger partial charge >= 0.3 is 18.2 Å². The summed E-state index contributed by atoms with van der Waals surface area (Å²) >= 11 is 0. The predicted molar refractivity (Wildman–Crippen MR) is 182 cm³/mol. The number of hydrogen-bond donors (Lipinski definition) is 3. The van der Waals surface area contributed by atoms with Gasteiger partial charge in [0.1, 0.15) is 36.6 Å². The van der Waals surface area contributed by atoms with Gasteiger partial charge in [0.05, 0.1) is 24.3 Å². The molecule has 2 aromatic carbocycles. The van der Waals surface area contributed by atoms with Crippen LogP contribution in [0.4, 0.5) is 29.9 Å². The molecule has 15 heteroatoms. The van der Waals surface area contributed by atoms with Crippen molar-refractivity contribution in [3.05, 3.63) is 52.5 Å². The van der Waals surface area contributed by atoms with E-state index >= 15 is 4.39 Å². The number of aromatic nitrogens is 2. The number of aryl methyl sites for hydroxylation is 1. The van der Waals surface area contributed by atoms with Crippen LogP contribution >= 0.6 is 0 Å². The minimum absolute atomic E-state index is 0.155. The monoisotopic (exact) mass is 705 g/mol. The van der Waals surface area contributed by atoms with E-state index in [0.29, 0.717) is 80.9 Å². The normalized spacial score (nSPS) is 26.0. The van der Waals surface area contributed by atoms with Gasteiger partial charge in [-0.25, -0.2) is 18.4 Å². The van der Waals surface area contributed by atoms with E-state index in [2.05, 4.69) is 20.4 Å². The van der Waals surface area contributed by atoms with Gasteiger partial charge in [-0.2, -0.15) is 9.97 Å². The number of rotatable bonds is 8. The Morgan fingerprint density at radius 2 is 1.96 bits per heavy atom. The number of amides is 3. The quantitative estimate of drug-likeness (QED) is 0.229. The molecular weight excluding hydrogens is 664 g/mol. The molecule has 6 heterocycles. The molecule has 8 rings (SSSR count). The summed E-state index contributed by atoms with van der Waals surface area (Å²) in [6.07, 6.45) is 2.01. The highest BCUT2D eigenvalue weighted by atomic mass is 19.1. The van der Waals surface area contributed by atoms with Crippen LogP contribution in [0.25, 0.3) is 10.8 Å².